The normalized spacial score (nSPS) is 11.8. The van der Waals surface area contributed by atoms with E-state index in [1.807, 2.05) is 24.3 Å². The fourth-order valence-corrected chi connectivity index (χ4v) is 3.75. The van der Waals surface area contributed by atoms with Crippen molar-refractivity contribution in [3.05, 3.63) is 46.3 Å². The minimum atomic E-state index is -3.58. The van der Waals surface area contributed by atoms with Gasteiger partial charge in [-0.15, -0.1) is 0 Å². The number of aryl methyl sites for hydroxylation is 3. The number of benzene rings is 1. The molecular weight excluding hydrogens is 312 g/mol. The van der Waals surface area contributed by atoms with Crippen molar-refractivity contribution >= 4 is 21.6 Å². The molecule has 1 heterocycles. The number of sulfonamides is 1. The molecule has 0 amide bonds. The molecule has 0 atom stereocenters. The lowest BCUT2D eigenvalue weighted by Gasteiger charge is -2.07. The predicted molar refractivity (Wildman–Crippen MR) is 80.9 cm³/mol. The van der Waals surface area contributed by atoms with Crippen molar-refractivity contribution in [2.75, 3.05) is 6.54 Å². The van der Waals surface area contributed by atoms with Crippen molar-refractivity contribution in [1.82, 2.24) is 9.88 Å². The summed E-state index contributed by atoms with van der Waals surface area (Å²) in [5, 5.41) is 4.36. The number of aromatic nitrogens is 1. The van der Waals surface area contributed by atoms with Crippen LogP contribution in [0.4, 0.5) is 0 Å². The van der Waals surface area contributed by atoms with E-state index >= 15 is 0 Å². The Kier molecular flexibility index (Phi) is 5.03. The lowest BCUT2D eigenvalue weighted by atomic mass is 10.1. The summed E-state index contributed by atoms with van der Waals surface area (Å²) in [6, 6.07) is 7.54. The minimum Gasteiger partial charge on any atom is -0.360 e. The number of rotatable bonds is 6. The van der Waals surface area contributed by atoms with Gasteiger partial charge in [-0.25, -0.2) is 13.1 Å². The average Bonchev–Trinajstić information content (AvgIpc) is 2.77. The van der Waals surface area contributed by atoms with Gasteiger partial charge in [0.1, 0.15) is 10.6 Å². The third-order valence-corrected chi connectivity index (χ3v) is 5.18. The highest BCUT2D eigenvalue weighted by Crippen LogP contribution is 2.19. The number of hydrogen-bond donors (Lipinski definition) is 1. The molecule has 2 rings (SSSR count). The van der Waals surface area contributed by atoms with E-state index in [1.165, 1.54) is 0 Å². The summed E-state index contributed by atoms with van der Waals surface area (Å²) >= 11 is 6.06. The Morgan fingerprint density at radius 2 is 2.00 bits per heavy atom. The largest absolute Gasteiger partial charge is 0.360 e. The van der Waals surface area contributed by atoms with Crippen molar-refractivity contribution in [3.63, 3.8) is 0 Å². The van der Waals surface area contributed by atoms with E-state index in [1.54, 1.807) is 13.8 Å². The molecule has 0 radical (unpaired) electrons. The summed E-state index contributed by atoms with van der Waals surface area (Å²) in [6.45, 7) is 3.52. The molecule has 0 spiro atoms. The monoisotopic (exact) mass is 328 g/mol. The van der Waals surface area contributed by atoms with Crippen LogP contribution in [0.5, 0.6) is 0 Å². The van der Waals surface area contributed by atoms with Crippen molar-refractivity contribution in [2.45, 2.75) is 31.6 Å². The Labute approximate surface area is 129 Å². The van der Waals surface area contributed by atoms with Crippen LogP contribution in [-0.2, 0) is 16.4 Å². The summed E-state index contributed by atoms with van der Waals surface area (Å²) in [6.07, 6.45) is 1.37. The highest BCUT2D eigenvalue weighted by molar-refractivity contribution is 7.89. The quantitative estimate of drug-likeness (QED) is 0.828. The standard InChI is InChI=1S/C14H17ClN2O3S/c1-10-14(11(2)20-17-10)21(18,19)16-9-5-7-12-6-3-4-8-13(12)15/h3-4,6,8,16H,5,7,9H2,1-2H3. The maximum Gasteiger partial charge on any atom is 0.245 e. The van der Waals surface area contributed by atoms with Crippen molar-refractivity contribution in [3.8, 4) is 0 Å². The average molecular weight is 329 g/mol. The van der Waals surface area contributed by atoms with E-state index in [-0.39, 0.29) is 4.90 Å². The van der Waals surface area contributed by atoms with Crippen LogP contribution in [0.25, 0.3) is 0 Å². The number of hydrogen-bond acceptors (Lipinski definition) is 4. The van der Waals surface area contributed by atoms with Crippen molar-refractivity contribution in [1.29, 1.82) is 0 Å². The molecule has 1 aromatic carbocycles. The van der Waals surface area contributed by atoms with Gasteiger partial charge in [0.25, 0.3) is 0 Å². The number of halogens is 1. The Balaban J connectivity index is 1.93. The van der Waals surface area contributed by atoms with Crippen LogP contribution in [-0.4, -0.2) is 20.1 Å². The highest BCUT2D eigenvalue weighted by atomic mass is 35.5. The topological polar surface area (TPSA) is 72.2 Å². The summed E-state index contributed by atoms with van der Waals surface area (Å²) in [4.78, 5) is 0.125. The molecule has 0 saturated heterocycles. The number of nitrogens with one attached hydrogen (secondary N) is 1. The summed E-state index contributed by atoms with van der Waals surface area (Å²) in [5.41, 5.74) is 1.38. The molecule has 0 bridgehead atoms. The number of nitrogens with zero attached hydrogens (tertiary/aromatic N) is 1. The maximum absolute atomic E-state index is 12.2. The van der Waals surface area contributed by atoms with Gasteiger partial charge in [-0.3, -0.25) is 0 Å². The third-order valence-electron chi connectivity index (χ3n) is 3.11. The molecule has 1 aromatic heterocycles. The molecule has 0 fully saturated rings. The molecule has 114 valence electrons. The van der Waals surface area contributed by atoms with E-state index in [2.05, 4.69) is 9.88 Å². The molecule has 5 nitrogen and oxygen atoms in total. The van der Waals surface area contributed by atoms with Gasteiger partial charge in [0.15, 0.2) is 5.76 Å². The first kappa shape index (κ1) is 16.0. The molecular formula is C14H17ClN2O3S. The smallest absolute Gasteiger partial charge is 0.245 e. The van der Waals surface area contributed by atoms with Crippen molar-refractivity contribution < 1.29 is 12.9 Å². The lowest BCUT2D eigenvalue weighted by Crippen LogP contribution is -2.26. The molecule has 0 saturated carbocycles. The van der Waals surface area contributed by atoms with Gasteiger partial charge in [-0.2, -0.15) is 0 Å². The molecule has 21 heavy (non-hydrogen) atoms. The van der Waals surface area contributed by atoms with Gasteiger partial charge >= 0.3 is 0 Å². The minimum absolute atomic E-state index is 0.125. The fraction of sp³-hybridized carbons (Fsp3) is 0.357. The second-order valence-corrected chi connectivity index (χ2v) is 6.86. The van der Waals surface area contributed by atoms with Gasteiger partial charge in [0.2, 0.25) is 10.0 Å². The first-order valence-corrected chi connectivity index (χ1v) is 8.44. The van der Waals surface area contributed by atoms with Crippen LogP contribution in [0.1, 0.15) is 23.4 Å². The molecule has 1 N–H and O–H groups in total. The molecule has 7 heteroatoms. The first-order chi connectivity index (χ1) is 9.92. The third kappa shape index (κ3) is 3.84. The van der Waals surface area contributed by atoms with Gasteiger partial charge in [-0.1, -0.05) is 35.0 Å². The van der Waals surface area contributed by atoms with Gasteiger partial charge < -0.3 is 4.52 Å². The Bertz CT molecular complexity index is 706. The molecule has 0 aliphatic heterocycles. The zero-order valence-electron chi connectivity index (χ0n) is 11.9. The van der Waals surface area contributed by atoms with Crippen molar-refractivity contribution in [2.24, 2.45) is 0 Å². The van der Waals surface area contributed by atoms with Gasteiger partial charge in [0.05, 0.1) is 0 Å². The van der Waals surface area contributed by atoms with Crippen LogP contribution < -0.4 is 4.72 Å². The Hall–Kier alpha value is -1.37. The van der Waals surface area contributed by atoms with Crippen LogP contribution in [0.15, 0.2) is 33.7 Å². The predicted octanol–water partition coefficient (Wildman–Crippen LogP) is 2.86. The van der Waals surface area contributed by atoms with E-state index in [0.29, 0.717) is 35.9 Å². The Morgan fingerprint density at radius 3 is 2.62 bits per heavy atom. The summed E-state index contributed by atoms with van der Waals surface area (Å²) in [7, 11) is -3.58. The molecule has 0 aliphatic rings. The molecule has 0 unspecified atom stereocenters. The van der Waals surface area contributed by atoms with Crippen LogP contribution in [0, 0.1) is 13.8 Å². The zero-order chi connectivity index (χ0) is 15.5. The second kappa shape index (κ2) is 6.60. The fourth-order valence-electron chi connectivity index (χ4n) is 2.12. The first-order valence-electron chi connectivity index (χ1n) is 6.58. The van der Waals surface area contributed by atoms with Gasteiger partial charge in [-0.05, 0) is 38.3 Å². The SMILES string of the molecule is Cc1noc(C)c1S(=O)(=O)NCCCc1ccccc1Cl. The van der Waals surface area contributed by atoms with E-state index in [0.717, 1.165) is 5.56 Å². The lowest BCUT2D eigenvalue weighted by molar-refractivity contribution is 0.390. The van der Waals surface area contributed by atoms with Crippen LogP contribution >= 0.6 is 11.6 Å². The zero-order valence-corrected chi connectivity index (χ0v) is 13.5. The van der Waals surface area contributed by atoms with E-state index in [4.69, 9.17) is 16.1 Å². The van der Waals surface area contributed by atoms with Gasteiger partial charge in [0, 0.05) is 11.6 Å². The highest BCUT2D eigenvalue weighted by Gasteiger charge is 2.23. The summed E-state index contributed by atoms with van der Waals surface area (Å²) < 4.78 is 31.8. The second-order valence-electron chi connectivity index (χ2n) is 4.75. The van der Waals surface area contributed by atoms with E-state index in [9.17, 15) is 8.42 Å². The van der Waals surface area contributed by atoms with Crippen LogP contribution in [0.3, 0.4) is 0 Å². The van der Waals surface area contributed by atoms with E-state index < -0.39 is 10.0 Å². The summed E-state index contributed by atoms with van der Waals surface area (Å²) in [5.74, 6) is 0.297. The van der Waals surface area contributed by atoms with Crippen LogP contribution in [0.2, 0.25) is 5.02 Å². The maximum atomic E-state index is 12.2. The molecule has 0 aliphatic carbocycles. The molecule has 2 aromatic rings. The Morgan fingerprint density at radius 1 is 1.29 bits per heavy atom.